The maximum absolute atomic E-state index is 12.1. The lowest BCUT2D eigenvalue weighted by atomic mass is 10.1. The molecule has 2 amide bonds. The van der Waals surface area contributed by atoms with Gasteiger partial charge in [0.2, 0.25) is 5.91 Å². The fraction of sp³-hybridized carbons (Fsp3) is 0.200. The van der Waals surface area contributed by atoms with Crippen molar-refractivity contribution in [2.75, 3.05) is 0 Å². The van der Waals surface area contributed by atoms with Crippen molar-refractivity contribution >= 4 is 38.5 Å². The fourth-order valence-electron chi connectivity index (χ4n) is 2.02. The van der Waals surface area contributed by atoms with Crippen molar-refractivity contribution in [2.45, 2.75) is 19.4 Å². The smallest absolute Gasteiger partial charge is 0.251 e. The highest BCUT2D eigenvalue weighted by Crippen LogP contribution is 2.21. The first kappa shape index (κ1) is 14.5. The molecule has 5 heteroatoms. The first-order valence-electron chi connectivity index (χ1n) is 6.24. The van der Waals surface area contributed by atoms with Crippen LogP contribution >= 0.6 is 15.9 Å². The van der Waals surface area contributed by atoms with E-state index in [2.05, 4.69) is 21.2 Å². The molecule has 1 unspecified atom stereocenters. The van der Waals surface area contributed by atoms with E-state index in [-0.39, 0.29) is 18.4 Å². The van der Waals surface area contributed by atoms with Gasteiger partial charge in [-0.05, 0) is 42.0 Å². The van der Waals surface area contributed by atoms with E-state index in [0.29, 0.717) is 5.56 Å². The summed E-state index contributed by atoms with van der Waals surface area (Å²) in [6, 6.07) is 11.1. The van der Waals surface area contributed by atoms with Crippen LogP contribution < -0.4 is 11.1 Å². The average molecular weight is 335 g/mol. The molecule has 0 bridgehead atoms. The molecule has 0 heterocycles. The molecule has 0 spiro atoms. The number of hydrogen-bond donors (Lipinski definition) is 2. The second-order valence-electron chi connectivity index (χ2n) is 4.75. The van der Waals surface area contributed by atoms with Gasteiger partial charge in [-0.3, -0.25) is 9.59 Å². The third kappa shape index (κ3) is 3.57. The van der Waals surface area contributed by atoms with E-state index in [1.54, 1.807) is 13.0 Å². The molecule has 1 atom stereocenters. The molecule has 104 valence electrons. The molecular weight excluding hydrogens is 320 g/mol. The minimum Gasteiger partial charge on any atom is -0.370 e. The predicted octanol–water partition coefficient (Wildman–Crippen LogP) is 2.60. The van der Waals surface area contributed by atoms with Crippen LogP contribution in [0.15, 0.2) is 40.9 Å². The third-order valence-corrected chi connectivity index (χ3v) is 3.44. The Balaban J connectivity index is 2.18. The number of fused-ring (bicyclic) bond motifs is 1. The lowest BCUT2D eigenvalue weighted by molar-refractivity contribution is -0.118. The maximum Gasteiger partial charge on any atom is 0.251 e. The number of carbonyl (C=O) groups excluding carboxylic acids is 2. The van der Waals surface area contributed by atoms with Crippen molar-refractivity contribution in [1.82, 2.24) is 5.32 Å². The van der Waals surface area contributed by atoms with Crippen molar-refractivity contribution in [3.8, 4) is 0 Å². The Morgan fingerprint density at radius 2 is 1.85 bits per heavy atom. The van der Waals surface area contributed by atoms with Gasteiger partial charge in [-0.25, -0.2) is 0 Å². The first-order chi connectivity index (χ1) is 9.45. The van der Waals surface area contributed by atoms with Crippen LogP contribution in [-0.4, -0.2) is 17.9 Å². The molecule has 0 aromatic heterocycles. The number of amides is 2. The van der Waals surface area contributed by atoms with E-state index in [4.69, 9.17) is 5.73 Å². The van der Waals surface area contributed by atoms with Crippen LogP contribution in [0.2, 0.25) is 0 Å². The summed E-state index contributed by atoms with van der Waals surface area (Å²) in [7, 11) is 0. The van der Waals surface area contributed by atoms with Gasteiger partial charge >= 0.3 is 0 Å². The molecule has 20 heavy (non-hydrogen) atoms. The van der Waals surface area contributed by atoms with Crippen LogP contribution in [-0.2, 0) is 4.79 Å². The number of hydrogen-bond acceptors (Lipinski definition) is 2. The molecule has 0 aliphatic heterocycles. The molecule has 0 aliphatic carbocycles. The van der Waals surface area contributed by atoms with Crippen molar-refractivity contribution in [1.29, 1.82) is 0 Å². The molecule has 2 aromatic carbocycles. The van der Waals surface area contributed by atoms with E-state index in [1.165, 1.54) is 0 Å². The van der Waals surface area contributed by atoms with Crippen LogP contribution in [0.3, 0.4) is 0 Å². The zero-order valence-corrected chi connectivity index (χ0v) is 12.6. The second-order valence-corrected chi connectivity index (χ2v) is 5.67. The van der Waals surface area contributed by atoms with Crippen molar-refractivity contribution < 1.29 is 9.59 Å². The fourth-order valence-corrected chi connectivity index (χ4v) is 2.40. The molecule has 4 nitrogen and oxygen atoms in total. The van der Waals surface area contributed by atoms with E-state index in [0.717, 1.165) is 15.2 Å². The Morgan fingerprint density at radius 1 is 1.20 bits per heavy atom. The summed E-state index contributed by atoms with van der Waals surface area (Å²) in [5, 5.41) is 4.80. The van der Waals surface area contributed by atoms with Crippen LogP contribution in [0.25, 0.3) is 10.8 Å². The molecular formula is C15H15BrN2O2. The minimum absolute atomic E-state index is 0.131. The molecule has 0 fully saturated rings. The van der Waals surface area contributed by atoms with Gasteiger partial charge in [0, 0.05) is 22.5 Å². The summed E-state index contributed by atoms with van der Waals surface area (Å²) in [6.07, 6.45) is 0.131. The highest BCUT2D eigenvalue weighted by molar-refractivity contribution is 9.10. The third-order valence-electron chi connectivity index (χ3n) is 2.95. The van der Waals surface area contributed by atoms with Crippen LogP contribution in [0.4, 0.5) is 0 Å². The Hall–Kier alpha value is -1.88. The molecule has 0 saturated heterocycles. The highest BCUT2D eigenvalue weighted by atomic mass is 79.9. The molecule has 3 N–H and O–H groups in total. The van der Waals surface area contributed by atoms with Gasteiger partial charge in [0.15, 0.2) is 0 Å². The highest BCUT2D eigenvalue weighted by Gasteiger charge is 2.12. The van der Waals surface area contributed by atoms with Crippen molar-refractivity contribution in [3.05, 3.63) is 46.4 Å². The molecule has 0 saturated carbocycles. The summed E-state index contributed by atoms with van der Waals surface area (Å²) >= 11 is 3.41. The van der Waals surface area contributed by atoms with Crippen LogP contribution in [0.5, 0.6) is 0 Å². The summed E-state index contributed by atoms with van der Waals surface area (Å²) < 4.78 is 0.997. The number of halogens is 1. The Bertz CT molecular complexity index is 670. The molecule has 2 aromatic rings. The number of benzene rings is 2. The maximum atomic E-state index is 12.1. The van der Waals surface area contributed by atoms with E-state index >= 15 is 0 Å². The molecule has 0 radical (unpaired) electrons. The standard InChI is InChI=1S/C15H15BrN2O2/c1-9(6-14(17)19)18-15(20)12-3-2-11-8-13(16)5-4-10(11)7-12/h2-5,7-9H,6H2,1H3,(H2,17,19)(H,18,20). The summed E-state index contributed by atoms with van der Waals surface area (Å²) in [4.78, 5) is 22.9. The Morgan fingerprint density at radius 3 is 2.55 bits per heavy atom. The summed E-state index contributed by atoms with van der Waals surface area (Å²) in [5.41, 5.74) is 5.67. The normalized spacial score (nSPS) is 12.1. The topological polar surface area (TPSA) is 72.2 Å². The number of carbonyl (C=O) groups is 2. The zero-order valence-electron chi connectivity index (χ0n) is 11.0. The lowest BCUT2D eigenvalue weighted by Gasteiger charge is -2.12. The predicted molar refractivity (Wildman–Crippen MR) is 82.4 cm³/mol. The monoisotopic (exact) mass is 334 g/mol. The zero-order chi connectivity index (χ0) is 14.7. The van der Waals surface area contributed by atoms with Gasteiger partial charge in [-0.15, -0.1) is 0 Å². The van der Waals surface area contributed by atoms with Crippen LogP contribution in [0.1, 0.15) is 23.7 Å². The Labute approximate surface area is 125 Å². The SMILES string of the molecule is CC(CC(N)=O)NC(=O)c1ccc2cc(Br)ccc2c1. The minimum atomic E-state index is -0.429. The number of nitrogens with one attached hydrogen (secondary N) is 1. The van der Waals surface area contributed by atoms with Gasteiger partial charge in [-0.1, -0.05) is 28.1 Å². The number of primary amides is 1. The van der Waals surface area contributed by atoms with Crippen molar-refractivity contribution in [2.24, 2.45) is 5.73 Å². The first-order valence-corrected chi connectivity index (χ1v) is 7.03. The van der Waals surface area contributed by atoms with Crippen LogP contribution in [0, 0.1) is 0 Å². The molecule has 2 rings (SSSR count). The lowest BCUT2D eigenvalue weighted by Crippen LogP contribution is -2.35. The van der Waals surface area contributed by atoms with Gasteiger partial charge in [0.05, 0.1) is 0 Å². The van der Waals surface area contributed by atoms with E-state index < -0.39 is 5.91 Å². The van der Waals surface area contributed by atoms with E-state index in [9.17, 15) is 9.59 Å². The van der Waals surface area contributed by atoms with Gasteiger partial charge in [0.1, 0.15) is 0 Å². The van der Waals surface area contributed by atoms with Gasteiger partial charge in [0.25, 0.3) is 5.91 Å². The van der Waals surface area contributed by atoms with Crippen molar-refractivity contribution in [3.63, 3.8) is 0 Å². The largest absolute Gasteiger partial charge is 0.370 e. The summed E-state index contributed by atoms with van der Waals surface area (Å²) in [5.74, 6) is -0.635. The molecule has 0 aliphatic rings. The average Bonchev–Trinajstić information content (AvgIpc) is 2.36. The quantitative estimate of drug-likeness (QED) is 0.901. The van der Waals surface area contributed by atoms with Gasteiger partial charge in [-0.2, -0.15) is 0 Å². The second kappa shape index (κ2) is 6.05. The van der Waals surface area contributed by atoms with E-state index in [1.807, 2.05) is 30.3 Å². The number of rotatable bonds is 4. The number of nitrogens with two attached hydrogens (primary N) is 1. The Kier molecular flexibility index (Phi) is 4.39. The summed E-state index contributed by atoms with van der Waals surface area (Å²) in [6.45, 7) is 1.75. The van der Waals surface area contributed by atoms with Gasteiger partial charge < -0.3 is 11.1 Å².